The van der Waals surface area contributed by atoms with Crippen LogP contribution in [-0.4, -0.2) is 22.0 Å². The first-order chi connectivity index (χ1) is 14.3. The number of aromatic nitrogens is 1. The van der Waals surface area contributed by atoms with Crippen molar-refractivity contribution >= 4 is 23.5 Å². The summed E-state index contributed by atoms with van der Waals surface area (Å²) in [4.78, 5) is 28.4. The molecule has 0 aliphatic carbocycles. The van der Waals surface area contributed by atoms with Gasteiger partial charge in [0.15, 0.2) is 0 Å². The first kappa shape index (κ1) is 21.3. The summed E-state index contributed by atoms with van der Waals surface area (Å²) in [5, 5.41) is 12.3. The molecule has 0 unspecified atom stereocenters. The van der Waals surface area contributed by atoms with E-state index in [-0.39, 0.29) is 22.0 Å². The van der Waals surface area contributed by atoms with E-state index in [9.17, 15) is 19.1 Å². The molecule has 1 amide bonds. The molecule has 3 rings (SSSR count). The predicted octanol–water partition coefficient (Wildman–Crippen LogP) is 5.16. The first-order valence-corrected chi connectivity index (χ1v) is 9.36. The Morgan fingerprint density at radius 2 is 1.90 bits per heavy atom. The van der Waals surface area contributed by atoms with Gasteiger partial charge in [-0.1, -0.05) is 29.8 Å². The summed E-state index contributed by atoms with van der Waals surface area (Å²) in [5.74, 6) is -1.72. The largest absolute Gasteiger partial charge is 0.478 e. The van der Waals surface area contributed by atoms with Crippen LogP contribution in [-0.2, 0) is 0 Å². The molecular weight excluding hydrogens is 411 g/mol. The Bertz CT molecular complexity index is 1120. The third-order valence-electron chi connectivity index (χ3n) is 4.41. The topological polar surface area (TPSA) is 88.5 Å². The Kier molecular flexibility index (Phi) is 6.32. The molecule has 0 aliphatic rings. The van der Waals surface area contributed by atoms with Gasteiger partial charge in [-0.2, -0.15) is 0 Å². The monoisotopic (exact) mass is 428 g/mol. The van der Waals surface area contributed by atoms with Gasteiger partial charge < -0.3 is 15.2 Å². The van der Waals surface area contributed by atoms with Crippen LogP contribution in [0.15, 0.2) is 54.7 Å². The minimum atomic E-state index is -1.09. The Morgan fingerprint density at radius 1 is 1.17 bits per heavy atom. The molecule has 154 valence electrons. The third kappa shape index (κ3) is 4.75. The van der Waals surface area contributed by atoms with E-state index in [1.54, 1.807) is 32.0 Å². The molecule has 6 nitrogen and oxygen atoms in total. The Morgan fingerprint density at radius 3 is 2.60 bits per heavy atom. The van der Waals surface area contributed by atoms with E-state index in [0.29, 0.717) is 16.9 Å². The average molecular weight is 429 g/mol. The number of nitrogens with zero attached hydrogens (tertiary/aromatic N) is 1. The van der Waals surface area contributed by atoms with Crippen molar-refractivity contribution in [2.45, 2.75) is 19.9 Å². The van der Waals surface area contributed by atoms with Gasteiger partial charge in [0.25, 0.3) is 5.91 Å². The number of rotatable bonds is 6. The molecule has 0 radical (unpaired) electrons. The average Bonchev–Trinajstić information content (AvgIpc) is 2.71. The molecule has 0 saturated carbocycles. The van der Waals surface area contributed by atoms with Crippen LogP contribution in [0.1, 0.15) is 44.8 Å². The van der Waals surface area contributed by atoms with E-state index < -0.39 is 23.7 Å². The summed E-state index contributed by atoms with van der Waals surface area (Å²) in [6.45, 7) is 3.33. The van der Waals surface area contributed by atoms with Crippen LogP contribution < -0.4 is 10.1 Å². The first-order valence-electron chi connectivity index (χ1n) is 8.99. The van der Waals surface area contributed by atoms with Crippen LogP contribution in [0.5, 0.6) is 11.6 Å². The number of hydrogen-bond acceptors (Lipinski definition) is 4. The van der Waals surface area contributed by atoms with Crippen LogP contribution >= 0.6 is 11.6 Å². The quantitative estimate of drug-likeness (QED) is 0.565. The zero-order chi connectivity index (χ0) is 21.8. The van der Waals surface area contributed by atoms with Crippen LogP contribution in [0.4, 0.5) is 4.39 Å². The molecule has 3 aromatic rings. The minimum absolute atomic E-state index is 0.00896. The van der Waals surface area contributed by atoms with Crippen LogP contribution in [0, 0.1) is 12.7 Å². The Hall–Kier alpha value is -3.45. The summed E-state index contributed by atoms with van der Waals surface area (Å²) < 4.78 is 19.1. The van der Waals surface area contributed by atoms with Gasteiger partial charge in [-0.3, -0.25) is 4.79 Å². The fourth-order valence-electron chi connectivity index (χ4n) is 2.92. The lowest BCUT2D eigenvalue weighted by Gasteiger charge is -2.18. The van der Waals surface area contributed by atoms with Gasteiger partial charge in [0.2, 0.25) is 5.88 Å². The van der Waals surface area contributed by atoms with E-state index in [2.05, 4.69) is 10.3 Å². The molecule has 2 N–H and O–H groups in total. The lowest BCUT2D eigenvalue weighted by molar-refractivity contribution is 0.0693. The number of hydrogen-bond donors (Lipinski definition) is 2. The molecular formula is C22H18ClFN2O4. The van der Waals surface area contributed by atoms with Gasteiger partial charge in [0.05, 0.1) is 16.6 Å². The summed E-state index contributed by atoms with van der Waals surface area (Å²) in [7, 11) is 0. The number of ether oxygens (including phenoxy) is 1. The van der Waals surface area contributed by atoms with Crippen molar-refractivity contribution in [3.63, 3.8) is 0 Å². The van der Waals surface area contributed by atoms with Crippen LogP contribution in [0.2, 0.25) is 5.02 Å². The van der Waals surface area contributed by atoms with Gasteiger partial charge in [-0.15, -0.1) is 0 Å². The standard InChI is InChI=1S/C22H18ClFN2O4/c1-12-9-15(24)7-8-19(12)30-21-18(10-14(23)11-25-21)20(27)26-13(2)16-5-3-4-6-17(16)22(28)29/h3-11,13H,1-2H3,(H,26,27)(H,28,29)/t13-/m0/s1. The Labute approximate surface area is 177 Å². The smallest absolute Gasteiger partial charge is 0.336 e. The summed E-state index contributed by atoms with van der Waals surface area (Å²) in [5.41, 5.74) is 1.13. The van der Waals surface area contributed by atoms with Crippen molar-refractivity contribution in [1.82, 2.24) is 10.3 Å². The maximum atomic E-state index is 13.3. The highest BCUT2D eigenvalue weighted by atomic mass is 35.5. The fourth-order valence-corrected chi connectivity index (χ4v) is 3.08. The minimum Gasteiger partial charge on any atom is -0.478 e. The Balaban J connectivity index is 1.89. The number of halogens is 2. The van der Waals surface area contributed by atoms with E-state index in [1.807, 2.05) is 0 Å². The molecule has 0 aliphatic heterocycles. The number of carbonyl (C=O) groups excluding carboxylic acids is 1. The molecule has 1 atom stereocenters. The molecule has 1 heterocycles. The van der Waals surface area contributed by atoms with Crippen molar-refractivity contribution in [2.24, 2.45) is 0 Å². The third-order valence-corrected chi connectivity index (χ3v) is 4.62. The normalized spacial score (nSPS) is 11.6. The van der Waals surface area contributed by atoms with E-state index >= 15 is 0 Å². The zero-order valence-electron chi connectivity index (χ0n) is 16.1. The fraction of sp³-hybridized carbons (Fsp3) is 0.136. The molecule has 1 aromatic heterocycles. The molecule has 0 saturated heterocycles. The maximum Gasteiger partial charge on any atom is 0.336 e. The van der Waals surface area contributed by atoms with Crippen molar-refractivity contribution in [3.8, 4) is 11.6 Å². The highest BCUT2D eigenvalue weighted by molar-refractivity contribution is 6.30. The molecule has 2 aromatic carbocycles. The van der Waals surface area contributed by atoms with Gasteiger partial charge in [0, 0.05) is 6.20 Å². The van der Waals surface area contributed by atoms with E-state index in [0.717, 1.165) is 0 Å². The SMILES string of the molecule is Cc1cc(F)ccc1Oc1ncc(Cl)cc1C(=O)N[C@@H](C)c1ccccc1C(=O)O. The highest BCUT2D eigenvalue weighted by Crippen LogP contribution is 2.29. The second kappa shape index (κ2) is 8.92. The summed E-state index contributed by atoms with van der Waals surface area (Å²) in [6, 6.07) is 11.2. The lowest BCUT2D eigenvalue weighted by Crippen LogP contribution is -2.28. The number of amides is 1. The van der Waals surface area contributed by atoms with Gasteiger partial charge in [-0.25, -0.2) is 14.2 Å². The molecule has 0 spiro atoms. The predicted molar refractivity (Wildman–Crippen MR) is 110 cm³/mol. The van der Waals surface area contributed by atoms with Gasteiger partial charge >= 0.3 is 5.97 Å². The zero-order valence-corrected chi connectivity index (χ0v) is 16.9. The molecule has 30 heavy (non-hydrogen) atoms. The number of carbonyl (C=O) groups is 2. The second-order valence-electron chi connectivity index (χ2n) is 6.61. The van der Waals surface area contributed by atoms with Crippen molar-refractivity contribution < 1.29 is 23.8 Å². The number of nitrogens with one attached hydrogen (secondary N) is 1. The van der Waals surface area contributed by atoms with E-state index in [1.165, 1.54) is 36.5 Å². The van der Waals surface area contributed by atoms with Crippen LogP contribution in [0.3, 0.4) is 0 Å². The van der Waals surface area contributed by atoms with Gasteiger partial charge in [-0.05, 0) is 55.3 Å². The summed E-state index contributed by atoms with van der Waals surface area (Å²) >= 11 is 6.01. The van der Waals surface area contributed by atoms with Gasteiger partial charge in [0.1, 0.15) is 17.1 Å². The van der Waals surface area contributed by atoms with Crippen molar-refractivity contribution in [3.05, 3.63) is 87.8 Å². The molecule has 0 fully saturated rings. The number of pyridine rings is 1. The number of carboxylic acid groups (broad SMARTS) is 1. The number of aromatic carboxylic acids is 1. The van der Waals surface area contributed by atoms with E-state index in [4.69, 9.17) is 16.3 Å². The van der Waals surface area contributed by atoms with Crippen molar-refractivity contribution in [1.29, 1.82) is 0 Å². The lowest BCUT2D eigenvalue weighted by atomic mass is 10.0. The van der Waals surface area contributed by atoms with Crippen LogP contribution in [0.25, 0.3) is 0 Å². The number of carboxylic acids is 1. The molecule has 0 bridgehead atoms. The maximum absolute atomic E-state index is 13.3. The summed E-state index contributed by atoms with van der Waals surface area (Å²) in [6.07, 6.45) is 1.33. The number of aryl methyl sites for hydroxylation is 1. The number of benzene rings is 2. The van der Waals surface area contributed by atoms with Crippen molar-refractivity contribution in [2.75, 3.05) is 0 Å². The molecule has 8 heteroatoms. The highest BCUT2D eigenvalue weighted by Gasteiger charge is 2.21. The second-order valence-corrected chi connectivity index (χ2v) is 7.04.